The molecular weight excluding hydrogens is 362 g/mol. The Hall–Kier alpha value is -2.03. The molecule has 1 aliphatic rings. The number of nitrogens with one attached hydrogen (secondary N) is 1. The van der Waals surface area contributed by atoms with E-state index < -0.39 is 16.1 Å². The van der Waals surface area contributed by atoms with E-state index in [2.05, 4.69) is 19.8 Å². The van der Waals surface area contributed by atoms with Gasteiger partial charge in [0.05, 0.1) is 21.5 Å². The van der Waals surface area contributed by atoms with Gasteiger partial charge in [0, 0.05) is 18.1 Å². The normalized spacial score (nSPS) is 17.6. The van der Waals surface area contributed by atoms with Crippen molar-refractivity contribution in [1.82, 2.24) is 24.5 Å². The lowest BCUT2D eigenvalue weighted by atomic mass is 10.1. The molecular formula is C16H16ClN5O2S. The fourth-order valence-corrected chi connectivity index (χ4v) is 4.82. The molecule has 1 atom stereocenters. The standard InChI is InChI=1S/C16H16ClN5O2S/c1-10-19-16-13(5-3-9-22(16)20-10)21-25(23,24)14-7-6-12(17)15-11(14)4-2-8-18-15/h2,4,6-8,13,21H,3,5,9H2,1H3/t13-/m0/s1. The molecule has 0 radical (unpaired) electrons. The van der Waals surface area contributed by atoms with Gasteiger partial charge in [-0.15, -0.1) is 0 Å². The van der Waals surface area contributed by atoms with Gasteiger partial charge in [-0.05, 0) is 44.0 Å². The van der Waals surface area contributed by atoms with Crippen molar-refractivity contribution in [2.75, 3.05) is 0 Å². The van der Waals surface area contributed by atoms with Gasteiger partial charge in [-0.25, -0.2) is 22.8 Å². The highest BCUT2D eigenvalue weighted by Crippen LogP contribution is 2.30. The second-order valence-corrected chi connectivity index (χ2v) is 8.09. The molecule has 0 amide bonds. The molecule has 25 heavy (non-hydrogen) atoms. The lowest BCUT2D eigenvalue weighted by Gasteiger charge is -2.23. The van der Waals surface area contributed by atoms with E-state index in [4.69, 9.17) is 11.6 Å². The highest BCUT2D eigenvalue weighted by molar-refractivity contribution is 7.89. The summed E-state index contributed by atoms with van der Waals surface area (Å²) >= 11 is 6.14. The third-order valence-corrected chi connectivity index (χ3v) is 6.08. The summed E-state index contributed by atoms with van der Waals surface area (Å²) < 4.78 is 30.5. The summed E-state index contributed by atoms with van der Waals surface area (Å²) in [5.74, 6) is 1.30. The molecule has 9 heteroatoms. The predicted molar refractivity (Wildman–Crippen MR) is 93.8 cm³/mol. The van der Waals surface area contributed by atoms with Crippen molar-refractivity contribution in [3.63, 3.8) is 0 Å². The topological polar surface area (TPSA) is 89.8 Å². The third kappa shape index (κ3) is 2.90. The van der Waals surface area contributed by atoms with Crippen LogP contribution in [-0.2, 0) is 16.6 Å². The molecule has 0 unspecified atom stereocenters. The molecule has 0 saturated heterocycles. The van der Waals surface area contributed by atoms with E-state index in [1.54, 1.807) is 36.0 Å². The number of aromatic nitrogens is 4. The Morgan fingerprint density at radius 2 is 2.16 bits per heavy atom. The van der Waals surface area contributed by atoms with Crippen molar-refractivity contribution in [3.05, 3.63) is 47.1 Å². The van der Waals surface area contributed by atoms with Gasteiger partial charge in [0.2, 0.25) is 10.0 Å². The molecule has 1 N–H and O–H groups in total. The number of sulfonamides is 1. The molecule has 3 heterocycles. The first-order valence-corrected chi connectivity index (χ1v) is 9.79. The van der Waals surface area contributed by atoms with Crippen LogP contribution in [0.3, 0.4) is 0 Å². The summed E-state index contributed by atoms with van der Waals surface area (Å²) in [6.45, 7) is 2.55. The van der Waals surface area contributed by atoms with Crippen LogP contribution in [-0.4, -0.2) is 28.2 Å². The smallest absolute Gasteiger partial charge is 0.241 e. The Bertz CT molecular complexity index is 1060. The van der Waals surface area contributed by atoms with Gasteiger partial charge in [-0.1, -0.05) is 11.6 Å². The minimum absolute atomic E-state index is 0.161. The Morgan fingerprint density at radius 3 is 3.00 bits per heavy atom. The van der Waals surface area contributed by atoms with E-state index in [-0.39, 0.29) is 4.90 Å². The van der Waals surface area contributed by atoms with Crippen LogP contribution < -0.4 is 4.72 Å². The van der Waals surface area contributed by atoms with E-state index in [0.29, 0.717) is 34.0 Å². The molecule has 0 fully saturated rings. The maximum Gasteiger partial charge on any atom is 0.241 e. The SMILES string of the molecule is Cc1nc2n(n1)CCC[C@@H]2NS(=O)(=O)c1ccc(Cl)c2ncccc12. The largest absolute Gasteiger partial charge is 0.255 e. The summed E-state index contributed by atoms with van der Waals surface area (Å²) in [7, 11) is -3.77. The maximum atomic E-state index is 13.0. The van der Waals surface area contributed by atoms with Crippen LogP contribution >= 0.6 is 11.6 Å². The van der Waals surface area contributed by atoms with Crippen LogP contribution in [0.1, 0.15) is 30.5 Å². The molecule has 7 nitrogen and oxygen atoms in total. The quantitative estimate of drug-likeness (QED) is 0.757. The summed E-state index contributed by atoms with van der Waals surface area (Å²) in [5, 5.41) is 5.22. The van der Waals surface area contributed by atoms with Gasteiger partial charge >= 0.3 is 0 Å². The fourth-order valence-electron chi connectivity index (χ4n) is 3.18. The van der Waals surface area contributed by atoms with Gasteiger partial charge in [-0.3, -0.25) is 4.98 Å². The highest BCUT2D eigenvalue weighted by atomic mass is 35.5. The van der Waals surface area contributed by atoms with Crippen molar-refractivity contribution in [1.29, 1.82) is 0 Å². The minimum atomic E-state index is -3.77. The molecule has 130 valence electrons. The average molecular weight is 378 g/mol. The van der Waals surface area contributed by atoms with Crippen molar-refractivity contribution >= 4 is 32.5 Å². The minimum Gasteiger partial charge on any atom is -0.255 e. The van der Waals surface area contributed by atoms with Crippen LogP contribution in [0.15, 0.2) is 35.4 Å². The number of halogens is 1. The maximum absolute atomic E-state index is 13.0. The van der Waals surface area contributed by atoms with E-state index >= 15 is 0 Å². The van der Waals surface area contributed by atoms with Crippen LogP contribution in [0.5, 0.6) is 0 Å². The molecule has 4 rings (SSSR count). The molecule has 1 aromatic carbocycles. The molecule has 0 saturated carbocycles. The van der Waals surface area contributed by atoms with Crippen LogP contribution in [0.25, 0.3) is 10.9 Å². The average Bonchev–Trinajstić information content (AvgIpc) is 2.96. The highest BCUT2D eigenvalue weighted by Gasteiger charge is 2.29. The molecule has 2 aromatic heterocycles. The van der Waals surface area contributed by atoms with Crippen molar-refractivity contribution in [2.24, 2.45) is 0 Å². The van der Waals surface area contributed by atoms with E-state index in [0.717, 1.165) is 13.0 Å². The van der Waals surface area contributed by atoms with E-state index in [1.807, 2.05) is 0 Å². The van der Waals surface area contributed by atoms with Gasteiger partial charge in [-0.2, -0.15) is 5.10 Å². The van der Waals surface area contributed by atoms with Crippen LogP contribution in [0, 0.1) is 6.92 Å². The monoisotopic (exact) mass is 377 g/mol. The Kier molecular flexibility index (Phi) is 3.98. The molecule has 0 spiro atoms. The predicted octanol–water partition coefficient (Wildman–Crippen LogP) is 2.60. The lowest BCUT2D eigenvalue weighted by Crippen LogP contribution is -2.33. The number of pyridine rings is 1. The van der Waals surface area contributed by atoms with Crippen LogP contribution in [0.2, 0.25) is 5.02 Å². The number of hydrogen-bond donors (Lipinski definition) is 1. The second kappa shape index (κ2) is 6.05. The van der Waals surface area contributed by atoms with Crippen molar-refractivity contribution in [3.8, 4) is 0 Å². The summed E-state index contributed by atoms with van der Waals surface area (Å²) in [5.41, 5.74) is 0.467. The zero-order chi connectivity index (χ0) is 17.6. The molecule has 3 aromatic rings. The lowest BCUT2D eigenvalue weighted by molar-refractivity contribution is 0.400. The van der Waals surface area contributed by atoms with Crippen molar-refractivity contribution in [2.45, 2.75) is 37.2 Å². The Morgan fingerprint density at radius 1 is 1.32 bits per heavy atom. The zero-order valence-electron chi connectivity index (χ0n) is 13.5. The number of benzene rings is 1. The number of rotatable bonds is 3. The number of aryl methyl sites for hydroxylation is 2. The van der Waals surface area contributed by atoms with Crippen molar-refractivity contribution < 1.29 is 8.42 Å². The Balaban J connectivity index is 1.76. The molecule has 1 aliphatic heterocycles. The zero-order valence-corrected chi connectivity index (χ0v) is 15.0. The first-order chi connectivity index (χ1) is 12.0. The Labute approximate surface area is 150 Å². The fraction of sp³-hybridized carbons (Fsp3) is 0.312. The summed E-state index contributed by atoms with van der Waals surface area (Å²) in [6.07, 6.45) is 3.11. The number of fused-ring (bicyclic) bond motifs is 2. The van der Waals surface area contributed by atoms with E-state index in [1.165, 1.54) is 6.07 Å². The first-order valence-electron chi connectivity index (χ1n) is 7.92. The number of nitrogens with zero attached hydrogens (tertiary/aromatic N) is 4. The van der Waals surface area contributed by atoms with Gasteiger partial charge in [0.25, 0.3) is 0 Å². The van der Waals surface area contributed by atoms with Crippen LogP contribution in [0.4, 0.5) is 0 Å². The third-order valence-electron chi connectivity index (χ3n) is 4.25. The first kappa shape index (κ1) is 16.4. The summed E-state index contributed by atoms with van der Waals surface area (Å²) in [6, 6.07) is 6.06. The van der Waals surface area contributed by atoms with Gasteiger partial charge in [0.1, 0.15) is 11.6 Å². The van der Waals surface area contributed by atoms with Gasteiger partial charge in [0.15, 0.2) is 0 Å². The molecule has 0 aliphatic carbocycles. The number of hydrogen-bond acceptors (Lipinski definition) is 5. The summed E-state index contributed by atoms with van der Waals surface area (Å²) in [4.78, 5) is 8.73. The molecule has 0 bridgehead atoms. The van der Waals surface area contributed by atoms with E-state index in [9.17, 15) is 8.42 Å². The van der Waals surface area contributed by atoms with Gasteiger partial charge < -0.3 is 0 Å². The second-order valence-electron chi connectivity index (χ2n) is 6.00.